The molecule has 0 spiro atoms. The van der Waals surface area contributed by atoms with Crippen LogP contribution in [0.2, 0.25) is 5.15 Å². The zero-order valence-electron chi connectivity index (χ0n) is 19.9. The zero-order valence-corrected chi connectivity index (χ0v) is 20.7. The summed E-state index contributed by atoms with van der Waals surface area (Å²) in [7, 11) is 1.76. The monoisotopic (exact) mass is 452 g/mol. The van der Waals surface area contributed by atoms with Gasteiger partial charge in [0.25, 0.3) is 0 Å². The second kappa shape index (κ2) is 10.5. The number of carbonyl (C=O) groups excluding carboxylic acids is 2. The maximum atomic E-state index is 12.7. The minimum absolute atomic E-state index is 0.0222. The molecule has 1 aromatic rings. The van der Waals surface area contributed by atoms with E-state index in [-0.39, 0.29) is 12.0 Å². The van der Waals surface area contributed by atoms with Gasteiger partial charge in [0.15, 0.2) is 0 Å². The van der Waals surface area contributed by atoms with Crippen LogP contribution >= 0.6 is 11.6 Å². The van der Waals surface area contributed by atoms with Crippen molar-refractivity contribution in [2.24, 2.45) is 11.8 Å². The summed E-state index contributed by atoms with van der Waals surface area (Å²) in [5, 5.41) is 5.05. The number of hydrogen-bond donors (Lipinski definition) is 0. The van der Waals surface area contributed by atoms with Gasteiger partial charge < -0.3 is 14.5 Å². The summed E-state index contributed by atoms with van der Waals surface area (Å²) in [6.07, 6.45) is 4.77. The fourth-order valence-electron chi connectivity index (χ4n) is 3.62. The fourth-order valence-corrected chi connectivity index (χ4v) is 3.93. The molecule has 0 aliphatic carbocycles. The lowest BCUT2D eigenvalue weighted by molar-refractivity contribution is -0.127. The molecule has 174 valence electrons. The zero-order chi connectivity index (χ0) is 23.3. The molecule has 1 aliphatic heterocycles. The highest BCUT2D eigenvalue weighted by Crippen LogP contribution is 2.23. The second-order valence-corrected chi connectivity index (χ2v) is 10.2. The van der Waals surface area contributed by atoms with Gasteiger partial charge in [-0.05, 0) is 58.4 Å². The van der Waals surface area contributed by atoms with E-state index in [0.29, 0.717) is 36.6 Å². The van der Waals surface area contributed by atoms with E-state index >= 15 is 0 Å². The highest BCUT2D eigenvalue weighted by Gasteiger charge is 2.26. The quantitative estimate of drug-likeness (QED) is 0.590. The predicted octanol–water partition coefficient (Wildman–Crippen LogP) is 4.62. The Bertz CT molecular complexity index is 802. The van der Waals surface area contributed by atoms with Crippen LogP contribution in [-0.2, 0) is 16.1 Å². The third-order valence-electron chi connectivity index (χ3n) is 5.20. The van der Waals surface area contributed by atoms with Crippen molar-refractivity contribution in [2.75, 3.05) is 26.7 Å². The number of ether oxygens (including phenoxy) is 1. The molecule has 0 unspecified atom stereocenters. The average molecular weight is 453 g/mol. The molecule has 1 aliphatic rings. The normalized spacial score (nSPS) is 15.7. The van der Waals surface area contributed by atoms with E-state index in [4.69, 9.17) is 16.3 Å². The molecular weight excluding hydrogens is 416 g/mol. The minimum atomic E-state index is -0.500. The van der Waals surface area contributed by atoms with Crippen LogP contribution in [0.1, 0.15) is 58.7 Å². The highest BCUT2D eigenvalue weighted by molar-refractivity contribution is 6.31. The molecule has 0 atom stereocenters. The number of amides is 2. The first kappa shape index (κ1) is 25.2. The molecule has 1 saturated heterocycles. The summed E-state index contributed by atoms with van der Waals surface area (Å²) in [5.41, 5.74) is 1.11. The molecule has 0 N–H and O–H groups in total. The summed E-state index contributed by atoms with van der Waals surface area (Å²) in [5.74, 6) is 0.772. The molecule has 0 radical (unpaired) electrons. The number of likely N-dealkylation sites (tertiary alicyclic amines) is 1. The number of carbonyl (C=O) groups is 2. The minimum Gasteiger partial charge on any atom is -0.444 e. The molecule has 0 bridgehead atoms. The molecule has 1 aromatic heterocycles. The Balaban J connectivity index is 1.87. The second-order valence-electron chi connectivity index (χ2n) is 9.83. The maximum absolute atomic E-state index is 12.7. The van der Waals surface area contributed by atoms with Gasteiger partial charge in [-0.15, -0.1) is 0 Å². The van der Waals surface area contributed by atoms with Gasteiger partial charge >= 0.3 is 6.09 Å². The van der Waals surface area contributed by atoms with Crippen molar-refractivity contribution in [3.63, 3.8) is 0 Å². The first-order valence-electron chi connectivity index (χ1n) is 11.0. The molecule has 0 saturated carbocycles. The summed E-state index contributed by atoms with van der Waals surface area (Å²) in [6, 6.07) is 0. The van der Waals surface area contributed by atoms with Crippen LogP contribution in [0.3, 0.4) is 0 Å². The lowest BCUT2D eigenvalue weighted by atomic mass is 9.96. The molecule has 31 heavy (non-hydrogen) atoms. The average Bonchev–Trinajstić information content (AvgIpc) is 2.91. The number of aromatic nitrogens is 2. The summed E-state index contributed by atoms with van der Waals surface area (Å²) in [4.78, 5) is 28.3. The molecule has 0 aromatic carbocycles. The third-order valence-corrected chi connectivity index (χ3v) is 5.60. The molecule has 2 heterocycles. The summed E-state index contributed by atoms with van der Waals surface area (Å²) < 4.78 is 7.20. The van der Waals surface area contributed by atoms with Crippen LogP contribution in [0.4, 0.5) is 4.79 Å². The lowest BCUT2D eigenvalue weighted by Gasteiger charge is -2.34. The van der Waals surface area contributed by atoms with Gasteiger partial charge in [0, 0.05) is 44.9 Å². The van der Waals surface area contributed by atoms with Crippen molar-refractivity contribution in [3.8, 4) is 0 Å². The SMILES string of the molecule is Cc1nn(CC(C)C)c(Cl)c1/C=C/C(=O)N1CCC(CN(C)C(=O)OC(C)(C)C)CC1. The van der Waals surface area contributed by atoms with Crippen molar-refractivity contribution >= 4 is 29.7 Å². The van der Waals surface area contributed by atoms with Crippen molar-refractivity contribution in [3.05, 3.63) is 22.5 Å². The third kappa shape index (κ3) is 7.56. The number of halogens is 1. The molecule has 7 nitrogen and oxygen atoms in total. The van der Waals surface area contributed by atoms with E-state index in [1.807, 2.05) is 32.6 Å². The van der Waals surface area contributed by atoms with Gasteiger partial charge in [-0.3, -0.25) is 9.48 Å². The van der Waals surface area contributed by atoms with Crippen LogP contribution in [0.25, 0.3) is 6.08 Å². The molecule has 2 amide bonds. The van der Waals surface area contributed by atoms with Gasteiger partial charge in [-0.2, -0.15) is 5.10 Å². The number of hydrogen-bond acceptors (Lipinski definition) is 4. The van der Waals surface area contributed by atoms with E-state index in [1.165, 1.54) is 0 Å². The van der Waals surface area contributed by atoms with E-state index in [0.717, 1.165) is 30.6 Å². The molecule has 8 heteroatoms. The van der Waals surface area contributed by atoms with Crippen molar-refractivity contribution < 1.29 is 14.3 Å². The standard InChI is InChI=1S/C23H37ClN4O3/c1-16(2)14-28-21(24)19(17(3)25-28)8-9-20(29)27-12-10-18(11-13-27)15-26(7)22(30)31-23(4,5)6/h8-9,16,18H,10-15H2,1-7H3/b9-8+. The van der Waals surface area contributed by atoms with Crippen LogP contribution < -0.4 is 0 Å². The first-order valence-corrected chi connectivity index (χ1v) is 11.4. The Morgan fingerprint density at radius 3 is 2.45 bits per heavy atom. The van der Waals surface area contributed by atoms with Crippen molar-refractivity contribution in [1.29, 1.82) is 0 Å². The van der Waals surface area contributed by atoms with Gasteiger partial charge in [0.2, 0.25) is 5.91 Å². The number of piperidine rings is 1. The van der Waals surface area contributed by atoms with E-state index in [1.54, 1.807) is 28.8 Å². The maximum Gasteiger partial charge on any atom is 0.410 e. The Hall–Kier alpha value is -2.02. The smallest absolute Gasteiger partial charge is 0.410 e. The number of nitrogens with zero attached hydrogens (tertiary/aromatic N) is 4. The Morgan fingerprint density at radius 1 is 1.29 bits per heavy atom. The van der Waals surface area contributed by atoms with Crippen molar-refractivity contribution in [1.82, 2.24) is 19.6 Å². The number of aryl methyl sites for hydroxylation is 1. The van der Waals surface area contributed by atoms with E-state index < -0.39 is 5.60 Å². The van der Waals surface area contributed by atoms with Gasteiger partial charge in [0.1, 0.15) is 10.8 Å². The predicted molar refractivity (Wildman–Crippen MR) is 124 cm³/mol. The first-order chi connectivity index (χ1) is 14.4. The Kier molecular flexibility index (Phi) is 8.57. The van der Waals surface area contributed by atoms with Crippen LogP contribution in [0, 0.1) is 18.8 Å². The topological polar surface area (TPSA) is 67.7 Å². The fraction of sp³-hybridized carbons (Fsp3) is 0.696. The van der Waals surface area contributed by atoms with E-state index in [9.17, 15) is 9.59 Å². The van der Waals surface area contributed by atoms with Crippen LogP contribution in [-0.4, -0.2) is 63.9 Å². The van der Waals surface area contributed by atoms with Crippen LogP contribution in [0.5, 0.6) is 0 Å². The Labute approximate surface area is 191 Å². The summed E-state index contributed by atoms with van der Waals surface area (Å²) >= 11 is 6.46. The largest absolute Gasteiger partial charge is 0.444 e. The number of rotatable bonds is 6. The summed E-state index contributed by atoms with van der Waals surface area (Å²) in [6.45, 7) is 14.4. The molecular formula is C23H37ClN4O3. The van der Waals surface area contributed by atoms with Gasteiger partial charge in [-0.1, -0.05) is 25.4 Å². The highest BCUT2D eigenvalue weighted by atomic mass is 35.5. The van der Waals surface area contributed by atoms with Crippen LogP contribution in [0.15, 0.2) is 6.08 Å². The van der Waals surface area contributed by atoms with E-state index in [2.05, 4.69) is 18.9 Å². The van der Waals surface area contributed by atoms with Gasteiger partial charge in [0.05, 0.1) is 5.69 Å². The van der Waals surface area contributed by atoms with Gasteiger partial charge in [-0.25, -0.2) is 4.79 Å². The molecule has 1 fully saturated rings. The lowest BCUT2D eigenvalue weighted by Crippen LogP contribution is -2.42. The molecule has 2 rings (SSSR count). The van der Waals surface area contributed by atoms with Crippen molar-refractivity contribution in [2.45, 2.75) is 66.5 Å². The Morgan fingerprint density at radius 2 is 1.90 bits per heavy atom.